The van der Waals surface area contributed by atoms with Crippen LogP contribution in [0.25, 0.3) is 5.65 Å². The highest BCUT2D eigenvalue weighted by Crippen LogP contribution is 2.25. The van der Waals surface area contributed by atoms with Crippen LogP contribution in [0.3, 0.4) is 0 Å². The quantitative estimate of drug-likeness (QED) is 0.775. The van der Waals surface area contributed by atoms with Gasteiger partial charge < -0.3 is 5.32 Å². The third kappa shape index (κ3) is 3.51. The summed E-state index contributed by atoms with van der Waals surface area (Å²) in [4.78, 5) is 17.1. The van der Waals surface area contributed by atoms with Crippen molar-refractivity contribution in [2.75, 3.05) is 6.54 Å². The molecule has 0 fully saturated rings. The summed E-state index contributed by atoms with van der Waals surface area (Å²) >= 11 is 6.08. The Kier molecular flexibility index (Phi) is 4.52. The molecule has 1 aromatic carbocycles. The van der Waals surface area contributed by atoms with Gasteiger partial charge >= 0.3 is 0 Å². The molecule has 0 bridgehead atoms. The molecule has 0 spiro atoms. The van der Waals surface area contributed by atoms with E-state index in [1.807, 2.05) is 44.2 Å². The molecule has 0 saturated carbocycles. The number of nitrogens with one attached hydrogen (secondary N) is 1. The molecule has 6 heteroatoms. The predicted octanol–water partition coefficient (Wildman–Crippen LogP) is 3.71. The summed E-state index contributed by atoms with van der Waals surface area (Å²) in [5.41, 5.74) is 3.69. The van der Waals surface area contributed by atoms with E-state index >= 15 is 0 Å². The minimum absolute atomic E-state index is 0.178. The van der Waals surface area contributed by atoms with Gasteiger partial charge in [-0.2, -0.15) is 5.10 Å². The molecule has 1 amide bonds. The summed E-state index contributed by atoms with van der Waals surface area (Å²) in [6.07, 6.45) is 1.57. The zero-order valence-corrected chi connectivity index (χ0v) is 15.6. The molecule has 5 nitrogen and oxygen atoms in total. The maximum Gasteiger partial charge on any atom is 0.256 e. The molecule has 1 N–H and O–H groups in total. The minimum atomic E-state index is -0.247. The van der Waals surface area contributed by atoms with Crippen LogP contribution in [0.5, 0.6) is 0 Å². The van der Waals surface area contributed by atoms with Crippen LogP contribution in [0.1, 0.15) is 41.2 Å². The van der Waals surface area contributed by atoms with E-state index in [1.54, 1.807) is 10.7 Å². The normalized spacial score (nSPS) is 11.7. The number of hydrogen-bond donors (Lipinski definition) is 1. The SMILES string of the molecule is Cc1cc(C)n2ncc(C(=O)NCC(C)(C)c3cccc(Cl)c3)c2n1. The van der Waals surface area contributed by atoms with E-state index in [-0.39, 0.29) is 11.3 Å². The first-order valence-corrected chi connectivity index (χ1v) is 8.52. The molecule has 130 valence electrons. The van der Waals surface area contributed by atoms with Crippen molar-refractivity contribution in [2.45, 2.75) is 33.1 Å². The summed E-state index contributed by atoms with van der Waals surface area (Å²) < 4.78 is 1.68. The summed E-state index contributed by atoms with van der Waals surface area (Å²) in [5.74, 6) is -0.178. The molecule has 3 rings (SSSR count). The van der Waals surface area contributed by atoms with Gasteiger partial charge in [0.2, 0.25) is 0 Å². The van der Waals surface area contributed by atoms with Crippen molar-refractivity contribution in [3.05, 3.63) is 64.1 Å². The summed E-state index contributed by atoms with van der Waals surface area (Å²) in [6, 6.07) is 9.64. The predicted molar refractivity (Wildman–Crippen MR) is 99.3 cm³/mol. The standard InChI is InChI=1S/C19H21ClN4O/c1-12-8-13(2)24-17(23-12)16(10-22-24)18(25)21-11-19(3,4)14-6-5-7-15(20)9-14/h5-10H,11H2,1-4H3,(H,21,25). The number of hydrogen-bond acceptors (Lipinski definition) is 3. The summed E-state index contributed by atoms with van der Waals surface area (Å²) in [7, 11) is 0. The van der Waals surface area contributed by atoms with Gasteiger partial charge in [-0.05, 0) is 37.6 Å². The van der Waals surface area contributed by atoms with Crippen molar-refractivity contribution in [1.82, 2.24) is 19.9 Å². The molecule has 2 heterocycles. The van der Waals surface area contributed by atoms with Gasteiger partial charge in [0, 0.05) is 28.4 Å². The van der Waals surface area contributed by atoms with Crippen LogP contribution in [0.2, 0.25) is 5.02 Å². The van der Waals surface area contributed by atoms with Gasteiger partial charge in [0.25, 0.3) is 5.91 Å². The lowest BCUT2D eigenvalue weighted by molar-refractivity contribution is 0.0947. The molecular weight excluding hydrogens is 336 g/mol. The molecule has 0 aliphatic carbocycles. The first-order chi connectivity index (χ1) is 11.8. The smallest absolute Gasteiger partial charge is 0.256 e. The number of aromatic nitrogens is 3. The zero-order valence-electron chi connectivity index (χ0n) is 14.8. The van der Waals surface area contributed by atoms with Gasteiger partial charge in [-0.3, -0.25) is 4.79 Å². The van der Waals surface area contributed by atoms with Crippen LogP contribution in [-0.2, 0) is 5.41 Å². The van der Waals surface area contributed by atoms with Crippen molar-refractivity contribution in [3.8, 4) is 0 Å². The minimum Gasteiger partial charge on any atom is -0.351 e. The van der Waals surface area contributed by atoms with Gasteiger partial charge in [0.1, 0.15) is 5.56 Å². The molecule has 2 aromatic heterocycles. The molecular formula is C19H21ClN4O. The van der Waals surface area contributed by atoms with Gasteiger partial charge in [0.15, 0.2) is 5.65 Å². The molecule has 0 unspecified atom stereocenters. The second-order valence-corrected chi connectivity index (χ2v) is 7.35. The maximum atomic E-state index is 12.7. The highest BCUT2D eigenvalue weighted by molar-refractivity contribution is 6.30. The number of carbonyl (C=O) groups is 1. The van der Waals surface area contributed by atoms with E-state index < -0.39 is 0 Å². The Labute approximate surface area is 152 Å². The molecule has 0 aliphatic rings. The number of halogens is 1. The Hall–Kier alpha value is -2.40. The van der Waals surface area contributed by atoms with E-state index in [0.29, 0.717) is 22.8 Å². The number of benzene rings is 1. The molecule has 0 saturated heterocycles. The van der Waals surface area contributed by atoms with Crippen LogP contribution in [-0.4, -0.2) is 27.0 Å². The van der Waals surface area contributed by atoms with Crippen molar-refractivity contribution >= 4 is 23.2 Å². The van der Waals surface area contributed by atoms with E-state index in [9.17, 15) is 4.79 Å². The summed E-state index contributed by atoms with van der Waals surface area (Å²) in [5, 5.41) is 7.96. The molecule has 0 radical (unpaired) electrons. The topological polar surface area (TPSA) is 59.3 Å². The Balaban J connectivity index is 1.81. The van der Waals surface area contributed by atoms with Crippen LogP contribution < -0.4 is 5.32 Å². The average Bonchev–Trinajstić information content (AvgIpc) is 2.97. The fourth-order valence-corrected chi connectivity index (χ4v) is 3.03. The first-order valence-electron chi connectivity index (χ1n) is 8.14. The number of amides is 1. The molecule has 25 heavy (non-hydrogen) atoms. The number of fused-ring (bicyclic) bond motifs is 1. The first kappa shape index (κ1) is 17.4. The Morgan fingerprint density at radius 3 is 2.76 bits per heavy atom. The van der Waals surface area contributed by atoms with Crippen LogP contribution in [0, 0.1) is 13.8 Å². The lowest BCUT2D eigenvalue weighted by Crippen LogP contribution is -2.36. The molecule has 0 aliphatic heterocycles. The fourth-order valence-electron chi connectivity index (χ4n) is 2.84. The summed E-state index contributed by atoms with van der Waals surface area (Å²) in [6.45, 7) is 8.47. The van der Waals surface area contributed by atoms with Crippen molar-refractivity contribution < 1.29 is 4.79 Å². The zero-order chi connectivity index (χ0) is 18.2. The Bertz CT molecular complexity index is 946. The number of carbonyl (C=O) groups excluding carboxylic acids is 1. The van der Waals surface area contributed by atoms with Crippen molar-refractivity contribution in [3.63, 3.8) is 0 Å². The number of nitrogens with zero attached hydrogens (tertiary/aromatic N) is 3. The highest BCUT2D eigenvalue weighted by atomic mass is 35.5. The maximum absolute atomic E-state index is 12.7. The third-order valence-electron chi connectivity index (χ3n) is 4.32. The van der Waals surface area contributed by atoms with Gasteiger partial charge in [-0.1, -0.05) is 37.6 Å². The number of rotatable bonds is 4. The third-order valence-corrected chi connectivity index (χ3v) is 4.55. The molecule has 0 atom stereocenters. The average molecular weight is 357 g/mol. The lowest BCUT2D eigenvalue weighted by Gasteiger charge is -2.25. The van der Waals surface area contributed by atoms with E-state index in [1.165, 1.54) is 0 Å². The highest BCUT2D eigenvalue weighted by Gasteiger charge is 2.23. The van der Waals surface area contributed by atoms with E-state index in [2.05, 4.69) is 29.2 Å². The van der Waals surface area contributed by atoms with Gasteiger partial charge in [0.05, 0.1) is 6.20 Å². The van der Waals surface area contributed by atoms with Gasteiger partial charge in [-0.15, -0.1) is 0 Å². The fraction of sp³-hybridized carbons (Fsp3) is 0.316. The Morgan fingerprint density at radius 1 is 1.28 bits per heavy atom. The van der Waals surface area contributed by atoms with Crippen LogP contribution in [0.15, 0.2) is 36.5 Å². The van der Waals surface area contributed by atoms with Crippen molar-refractivity contribution in [1.29, 1.82) is 0 Å². The second-order valence-electron chi connectivity index (χ2n) is 6.91. The van der Waals surface area contributed by atoms with Crippen LogP contribution in [0.4, 0.5) is 0 Å². The lowest BCUT2D eigenvalue weighted by atomic mass is 9.84. The van der Waals surface area contributed by atoms with E-state index in [0.717, 1.165) is 17.0 Å². The van der Waals surface area contributed by atoms with Crippen LogP contribution >= 0.6 is 11.6 Å². The van der Waals surface area contributed by atoms with Gasteiger partial charge in [-0.25, -0.2) is 9.50 Å². The molecule has 3 aromatic rings. The monoisotopic (exact) mass is 356 g/mol. The van der Waals surface area contributed by atoms with Crippen molar-refractivity contribution in [2.24, 2.45) is 0 Å². The largest absolute Gasteiger partial charge is 0.351 e. The Morgan fingerprint density at radius 2 is 2.04 bits per heavy atom. The van der Waals surface area contributed by atoms with E-state index in [4.69, 9.17) is 11.6 Å². The second kappa shape index (κ2) is 6.48. The number of aryl methyl sites for hydroxylation is 2.